The van der Waals surface area contributed by atoms with Gasteiger partial charge in [-0.3, -0.25) is 4.98 Å². The van der Waals surface area contributed by atoms with Crippen molar-refractivity contribution in [3.05, 3.63) is 29.8 Å². The van der Waals surface area contributed by atoms with Crippen molar-refractivity contribution >= 4 is 6.09 Å². The number of rotatable bonds is 1. The molecular weight excluding hydrogens is 263 g/mol. The minimum atomic E-state index is -1.27. The first kappa shape index (κ1) is 14.7. The molecule has 1 aliphatic rings. The third-order valence-electron chi connectivity index (χ3n) is 3.14. The molecule has 1 aliphatic heterocycles. The number of pyridine rings is 1. The molecule has 0 radical (unpaired) electrons. The summed E-state index contributed by atoms with van der Waals surface area (Å²) in [5.41, 5.74) is -1.48. The second kappa shape index (κ2) is 5.01. The van der Waals surface area contributed by atoms with Crippen molar-refractivity contribution in [3.8, 4) is 0 Å². The number of likely N-dealkylation sites (tertiary alicyclic amines) is 1. The molecule has 5 nitrogen and oxygen atoms in total. The Morgan fingerprint density at radius 3 is 2.80 bits per heavy atom. The lowest BCUT2D eigenvalue weighted by molar-refractivity contribution is 0.0138. The van der Waals surface area contributed by atoms with Crippen molar-refractivity contribution in [2.45, 2.75) is 38.4 Å². The molecular formula is C14H19FN2O3. The zero-order chi connectivity index (χ0) is 15.0. The number of aromatic nitrogens is 1. The van der Waals surface area contributed by atoms with Gasteiger partial charge in [-0.1, -0.05) is 0 Å². The SMILES string of the molecule is CC(C)(C)OC(=O)N1CCC(O)(c2cncc(F)c2)C1. The van der Waals surface area contributed by atoms with Crippen molar-refractivity contribution in [1.82, 2.24) is 9.88 Å². The van der Waals surface area contributed by atoms with Gasteiger partial charge in [0.2, 0.25) is 0 Å². The van der Waals surface area contributed by atoms with Crippen LogP contribution in [-0.2, 0) is 10.3 Å². The van der Waals surface area contributed by atoms with Crippen molar-refractivity contribution < 1.29 is 19.0 Å². The Bertz CT molecular complexity index is 515. The van der Waals surface area contributed by atoms with E-state index in [0.29, 0.717) is 18.5 Å². The summed E-state index contributed by atoms with van der Waals surface area (Å²) in [7, 11) is 0. The highest BCUT2D eigenvalue weighted by atomic mass is 19.1. The van der Waals surface area contributed by atoms with Gasteiger partial charge in [-0.2, -0.15) is 0 Å². The van der Waals surface area contributed by atoms with Crippen molar-refractivity contribution in [1.29, 1.82) is 0 Å². The lowest BCUT2D eigenvalue weighted by Crippen LogP contribution is -2.38. The summed E-state index contributed by atoms with van der Waals surface area (Å²) in [6.07, 6.45) is 2.35. The summed E-state index contributed by atoms with van der Waals surface area (Å²) >= 11 is 0. The van der Waals surface area contributed by atoms with Crippen LogP contribution in [0.4, 0.5) is 9.18 Å². The average molecular weight is 282 g/mol. The van der Waals surface area contributed by atoms with Gasteiger partial charge in [0.15, 0.2) is 0 Å². The fourth-order valence-corrected chi connectivity index (χ4v) is 2.18. The van der Waals surface area contributed by atoms with E-state index in [1.807, 2.05) is 0 Å². The molecule has 0 aliphatic carbocycles. The highest BCUT2D eigenvalue weighted by Crippen LogP contribution is 2.32. The topological polar surface area (TPSA) is 62.7 Å². The van der Waals surface area contributed by atoms with Gasteiger partial charge in [0, 0.05) is 18.3 Å². The summed E-state index contributed by atoms with van der Waals surface area (Å²) in [6.45, 7) is 5.78. The molecule has 1 N–H and O–H groups in total. The van der Waals surface area contributed by atoms with E-state index >= 15 is 0 Å². The highest BCUT2D eigenvalue weighted by molar-refractivity contribution is 5.68. The van der Waals surface area contributed by atoms with Gasteiger partial charge in [-0.15, -0.1) is 0 Å². The molecule has 1 saturated heterocycles. The Labute approximate surface area is 117 Å². The fraction of sp³-hybridized carbons (Fsp3) is 0.571. The number of hydrogen-bond acceptors (Lipinski definition) is 4. The molecule has 6 heteroatoms. The lowest BCUT2D eigenvalue weighted by Gasteiger charge is -2.26. The van der Waals surface area contributed by atoms with Crippen LogP contribution in [-0.4, -0.2) is 39.8 Å². The first-order valence-corrected chi connectivity index (χ1v) is 6.51. The average Bonchev–Trinajstić information content (AvgIpc) is 2.71. The Hall–Kier alpha value is -1.69. The standard InChI is InChI=1S/C14H19FN2O3/c1-13(2,3)20-12(18)17-5-4-14(19,9-17)10-6-11(15)8-16-7-10/h6-8,19H,4-5,9H2,1-3H3. The van der Waals surface area contributed by atoms with Gasteiger partial charge in [-0.25, -0.2) is 9.18 Å². The maximum atomic E-state index is 13.2. The van der Waals surface area contributed by atoms with Gasteiger partial charge in [0.1, 0.15) is 17.0 Å². The number of halogens is 1. The molecule has 0 saturated carbocycles. The predicted octanol–water partition coefficient (Wildman–Crippen LogP) is 2.05. The minimum absolute atomic E-state index is 0.0764. The molecule has 20 heavy (non-hydrogen) atoms. The number of hydrogen-bond donors (Lipinski definition) is 1. The second-order valence-corrected chi connectivity index (χ2v) is 6.08. The summed E-state index contributed by atoms with van der Waals surface area (Å²) in [4.78, 5) is 17.1. The number of β-amino-alcohol motifs (C(OH)–C–C–N with tert-alkyl or cyclic N) is 1. The van der Waals surface area contributed by atoms with E-state index in [2.05, 4.69) is 4.98 Å². The molecule has 1 fully saturated rings. The number of carbonyl (C=O) groups excluding carboxylic acids is 1. The fourth-order valence-electron chi connectivity index (χ4n) is 2.18. The minimum Gasteiger partial charge on any atom is -0.444 e. The molecule has 2 rings (SSSR count). The van der Waals surface area contributed by atoms with Gasteiger partial charge in [0.25, 0.3) is 0 Å². The predicted molar refractivity (Wildman–Crippen MR) is 70.5 cm³/mol. The van der Waals surface area contributed by atoms with Gasteiger partial charge < -0.3 is 14.7 Å². The molecule has 0 bridgehead atoms. The molecule has 1 atom stereocenters. The van der Waals surface area contributed by atoms with Crippen LogP contribution >= 0.6 is 0 Å². The zero-order valence-corrected chi connectivity index (χ0v) is 11.9. The van der Waals surface area contributed by atoms with Crippen molar-refractivity contribution in [3.63, 3.8) is 0 Å². The number of aliphatic hydroxyl groups is 1. The van der Waals surface area contributed by atoms with Crippen LogP contribution in [0.5, 0.6) is 0 Å². The van der Waals surface area contributed by atoms with Crippen LogP contribution in [0.15, 0.2) is 18.5 Å². The largest absolute Gasteiger partial charge is 0.444 e. The van der Waals surface area contributed by atoms with Gasteiger partial charge in [0.05, 0.1) is 12.7 Å². The van der Waals surface area contributed by atoms with Crippen molar-refractivity contribution in [2.24, 2.45) is 0 Å². The summed E-state index contributed by atoms with van der Waals surface area (Å²) < 4.78 is 18.5. The van der Waals surface area contributed by atoms with E-state index < -0.39 is 23.1 Å². The number of nitrogens with zero attached hydrogens (tertiary/aromatic N) is 2. The Balaban J connectivity index is 2.10. The Morgan fingerprint density at radius 1 is 1.50 bits per heavy atom. The van der Waals surface area contributed by atoms with Crippen LogP contribution in [0.3, 0.4) is 0 Å². The van der Waals surface area contributed by atoms with Crippen molar-refractivity contribution in [2.75, 3.05) is 13.1 Å². The number of carbonyl (C=O) groups is 1. The van der Waals surface area contributed by atoms with E-state index in [9.17, 15) is 14.3 Å². The normalized spacial score (nSPS) is 22.9. The number of ether oxygens (including phenoxy) is 1. The Morgan fingerprint density at radius 2 is 2.20 bits per heavy atom. The molecule has 110 valence electrons. The second-order valence-electron chi connectivity index (χ2n) is 6.08. The summed E-state index contributed by atoms with van der Waals surface area (Å²) in [5, 5.41) is 10.5. The van der Waals surface area contributed by atoms with Crippen LogP contribution < -0.4 is 0 Å². The monoisotopic (exact) mass is 282 g/mol. The van der Waals surface area contributed by atoms with E-state index in [1.165, 1.54) is 17.2 Å². The number of amides is 1. The maximum Gasteiger partial charge on any atom is 0.410 e. The molecule has 1 aromatic rings. The highest BCUT2D eigenvalue weighted by Gasteiger charge is 2.41. The smallest absolute Gasteiger partial charge is 0.410 e. The summed E-state index contributed by atoms with van der Waals surface area (Å²) in [6, 6.07) is 1.24. The van der Waals surface area contributed by atoms with Crippen LogP contribution in [0.2, 0.25) is 0 Å². The lowest BCUT2D eigenvalue weighted by atomic mass is 9.95. The molecule has 0 spiro atoms. The molecule has 1 aromatic heterocycles. The van der Waals surface area contributed by atoms with E-state index in [4.69, 9.17) is 4.74 Å². The van der Waals surface area contributed by atoms with Gasteiger partial charge >= 0.3 is 6.09 Å². The van der Waals surface area contributed by atoms with Crippen LogP contribution in [0.25, 0.3) is 0 Å². The van der Waals surface area contributed by atoms with Crippen LogP contribution in [0.1, 0.15) is 32.8 Å². The quantitative estimate of drug-likeness (QED) is 0.856. The maximum absolute atomic E-state index is 13.2. The zero-order valence-electron chi connectivity index (χ0n) is 11.9. The van der Waals surface area contributed by atoms with E-state index in [1.54, 1.807) is 20.8 Å². The first-order valence-electron chi connectivity index (χ1n) is 6.51. The molecule has 0 aromatic carbocycles. The Kier molecular flexibility index (Phi) is 3.69. The molecule has 1 amide bonds. The first-order chi connectivity index (χ1) is 9.20. The van der Waals surface area contributed by atoms with E-state index in [0.717, 1.165) is 6.20 Å². The summed E-state index contributed by atoms with van der Waals surface area (Å²) in [5.74, 6) is -0.508. The van der Waals surface area contributed by atoms with E-state index in [-0.39, 0.29) is 6.54 Å². The molecule has 2 heterocycles. The third kappa shape index (κ3) is 3.25. The third-order valence-corrected chi connectivity index (χ3v) is 3.14. The molecule has 1 unspecified atom stereocenters. The van der Waals surface area contributed by atoms with Gasteiger partial charge in [-0.05, 0) is 33.3 Å². The van der Waals surface area contributed by atoms with Crippen LogP contribution in [0, 0.1) is 5.82 Å².